The summed E-state index contributed by atoms with van der Waals surface area (Å²) in [4.78, 5) is 46.1. The Morgan fingerprint density at radius 1 is 1.19 bits per heavy atom. The van der Waals surface area contributed by atoms with Gasteiger partial charge in [0.25, 0.3) is 5.56 Å². The number of nitrogens with one attached hydrogen (secondary N) is 2. The van der Waals surface area contributed by atoms with Crippen molar-refractivity contribution in [3.63, 3.8) is 0 Å². The van der Waals surface area contributed by atoms with Crippen LogP contribution < -0.4 is 10.9 Å². The van der Waals surface area contributed by atoms with E-state index in [1.807, 2.05) is 31.2 Å². The number of aromatic amines is 1. The number of H-pyrrole nitrogens is 1. The van der Waals surface area contributed by atoms with E-state index in [0.29, 0.717) is 37.3 Å². The number of aromatic nitrogens is 4. The highest BCUT2D eigenvalue weighted by Gasteiger charge is 2.27. The van der Waals surface area contributed by atoms with Crippen LogP contribution in [0.4, 0.5) is 5.82 Å². The minimum atomic E-state index is -0.757. The molecule has 0 unspecified atom stereocenters. The zero-order chi connectivity index (χ0) is 22.0. The van der Waals surface area contributed by atoms with Crippen LogP contribution in [-0.4, -0.2) is 43.0 Å². The van der Waals surface area contributed by atoms with Gasteiger partial charge in [-0.05, 0) is 30.9 Å². The van der Waals surface area contributed by atoms with Crippen molar-refractivity contribution in [2.75, 3.05) is 11.9 Å². The lowest BCUT2D eigenvalue weighted by Crippen LogP contribution is -2.42. The zero-order valence-electron chi connectivity index (χ0n) is 17.5. The number of amides is 2. The first-order valence-electron chi connectivity index (χ1n) is 10.3. The summed E-state index contributed by atoms with van der Waals surface area (Å²) in [6.07, 6.45) is 2.19. The van der Waals surface area contributed by atoms with Crippen molar-refractivity contribution in [1.82, 2.24) is 24.6 Å². The number of hydrogen-bond acceptors (Lipinski definition) is 5. The standard InChI is InChI=1S/C22H24N6O3/c1-3-6-17-12-19(29)25-22(23-17)28-18(11-14(2)26-28)24-20(30)21(31)27-10-9-15-7-4-5-8-16(15)13-27/h4-5,7-8,11-12H,3,6,9-10,13H2,1-2H3,(H,24,30)(H,23,25,29). The minimum Gasteiger partial charge on any atom is -0.330 e. The smallest absolute Gasteiger partial charge is 0.315 e. The van der Waals surface area contributed by atoms with Gasteiger partial charge in [-0.25, -0.2) is 4.98 Å². The van der Waals surface area contributed by atoms with Gasteiger partial charge in [-0.3, -0.25) is 19.4 Å². The van der Waals surface area contributed by atoms with E-state index in [0.717, 1.165) is 12.0 Å². The maximum atomic E-state index is 12.8. The molecule has 2 amide bonds. The van der Waals surface area contributed by atoms with E-state index in [2.05, 4.69) is 20.4 Å². The summed E-state index contributed by atoms with van der Waals surface area (Å²) in [7, 11) is 0. The summed E-state index contributed by atoms with van der Waals surface area (Å²) in [6.45, 7) is 4.63. The number of hydrogen-bond donors (Lipinski definition) is 2. The van der Waals surface area contributed by atoms with Gasteiger partial charge in [0.2, 0.25) is 5.95 Å². The molecule has 0 bridgehead atoms. The number of nitrogens with zero attached hydrogens (tertiary/aromatic N) is 4. The monoisotopic (exact) mass is 420 g/mol. The molecule has 0 atom stereocenters. The van der Waals surface area contributed by atoms with Crippen LogP contribution in [0.1, 0.15) is 35.9 Å². The third-order valence-corrected chi connectivity index (χ3v) is 5.17. The van der Waals surface area contributed by atoms with Crippen LogP contribution in [0.25, 0.3) is 5.95 Å². The van der Waals surface area contributed by atoms with Crippen LogP contribution in [0.2, 0.25) is 0 Å². The average Bonchev–Trinajstić information content (AvgIpc) is 3.12. The molecule has 0 spiro atoms. The Hall–Kier alpha value is -3.75. The molecule has 0 saturated carbocycles. The summed E-state index contributed by atoms with van der Waals surface area (Å²) in [5.74, 6) is -0.905. The van der Waals surface area contributed by atoms with Crippen molar-refractivity contribution >= 4 is 17.6 Å². The average molecular weight is 420 g/mol. The second kappa shape index (κ2) is 8.55. The normalized spacial score (nSPS) is 13.0. The van der Waals surface area contributed by atoms with Gasteiger partial charge in [-0.15, -0.1) is 0 Å². The Labute approximate surface area is 179 Å². The number of benzene rings is 1. The van der Waals surface area contributed by atoms with Crippen LogP contribution in [0.3, 0.4) is 0 Å². The first-order chi connectivity index (χ1) is 14.9. The van der Waals surface area contributed by atoms with Crippen LogP contribution >= 0.6 is 0 Å². The molecule has 31 heavy (non-hydrogen) atoms. The molecule has 9 nitrogen and oxygen atoms in total. The molecular weight excluding hydrogens is 396 g/mol. The summed E-state index contributed by atoms with van der Waals surface area (Å²) >= 11 is 0. The summed E-state index contributed by atoms with van der Waals surface area (Å²) in [5, 5.41) is 6.95. The van der Waals surface area contributed by atoms with E-state index in [9.17, 15) is 14.4 Å². The van der Waals surface area contributed by atoms with Gasteiger partial charge in [0, 0.05) is 30.9 Å². The van der Waals surface area contributed by atoms with E-state index in [1.165, 1.54) is 21.2 Å². The highest BCUT2D eigenvalue weighted by atomic mass is 16.2. The number of carbonyl (C=O) groups is 2. The van der Waals surface area contributed by atoms with Gasteiger partial charge in [0.05, 0.1) is 5.69 Å². The van der Waals surface area contributed by atoms with E-state index < -0.39 is 11.8 Å². The number of carbonyl (C=O) groups excluding carboxylic acids is 2. The quantitative estimate of drug-likeness (QED) is 0.624. The fourth-order valence-corrected chi connectivity index (χ4v) is 3.71. The Morgan fingerprint density at radius 3 is 2.74 bits per heavy atom. The SMILES string of the molecule is CCCc1cc(=O)[nH]c(-n2nc(C)cc2NC(=O)C(=O)N2CCc3ccccc3C2)n1. The molecule has 3 heterocycles. The molecule has 0 fully saturated rings. The lowest BCUT2D eigenvalue weighted by atomic mass is 10.00. The molecule has 160 valence electrons. The van der Waals surface area contributed by atoms with E-state index in [-0.39, 0.29) is 17.3 Å². The van der Waals surface area contributed by atoms with Gasteiger partial charge < -0.3 is 10.2 Å². The van der Waals surface area contributed by atoms with Crippen LogP contribution in [0.5, 0.6) is 0 Å². The predicted octanol–water partition coefficient (Wildman–Crippen LogP) is 1.74. The molecule has 0 aliphatic carbocycles. The molecule has 2 aromatic heterocycles. The maximum Gasteiger partial charge on any atom is 0.315 e. The van der Waals surface area contributed by atoms with Gasteiger partial charge in [-0.1, -0.05) is 37.6 Å². The topological polar surface area (TPSA) is 113 Å². The van der Waals surface area contributed by atoms with E-state index >= 15 is 0 Å². The third-order valence-electron chi connectivity index (χ3n) is 5.17. The van der Waals surface area contributed by atoms with Crippen LogP contribution in [0.15, 0.2) is 41.2 Å². The molecular formula is C22H24N6O3. The summed E-state index contributed by atoms with van der Waals surface area (Å²) in [5.41, 5.74) is 3.18. The number of anilines is 1. The molecule has 4 rings (SSSR count). The molecule has 2 N–H and O–H groups in total. The molecule has 9 heteroatoms. The first kappa shape index (κ1) is 20.5. The number of fused-ring (bicyclic) bond motifs is 1. The predicted molar refractivity (Wildman–Crippen MR) is 115 cm³/mol. The van der Waals surface area contributed by atoms with E-state index in [4.69, 9.17) is 0 Å². The fourth-order valence-electron chi connectivity index (χ4n) is 3.71. The van der Waals surface area contributed by atoms with Crippen molar-refractivity contribution in [2.45, 2.75) is 39.7 Å². The highest BCUT2D eigenvalue weighted by molar-refractivity contribution is 6.39. The van der Waals surface area contributed by atoms with Crippen LogP contribution in [-0.2, 0) is 29.0 Å². The third kappa shape index (κ3) is 4.40. The first-order valence-corrected chi connectivity index (χ1v) is 10.3. The van der Waals surface area contributed by atoms with Crippen molar-refractivity contribution in [2.24, 2.45) is 0 Å². The van der Waals surface area contributed by atoms with Gasteiger partial charge in [0.15, 0.2) is 0 Å². The van der Waals surface area contributed by atoms with Crippen molar-refractivity contribution in [1.29, 1.82) is 0 Å². The minimum absolute atomic E-state index is 0.193. The fraction of sp³-hybridized carbons (Fsp3) is 0.318. The molecule has 0 radical (unpaired) electrons. The lowest BCUT2D eigenvalue weighted by molar-refractivity contribution is -0.143. The summed E-state index contributed by atoms with van der Waals surface area (Å²) in [6, 6.07) is 11.0. The van der Waals surface area contributed by atoms with Gasteiger partial charge in [-0.2, -0.15) is 9.78 Å². The Kier molecular flexibility index (Phi) is 5.66. The van der Waals surface area contributed by atoms with E-state index in [1.54, 1.807) is 13.0 Å². The largest absolute Gasteiger partial charge is 0.330 e. The Balaban J connectivity index is 1.55. The van der Waals surface area contributed by atoms with Crippen molar-refractivity contribution in [3.05, 3.63) is 69.3 Å². The maximum absolute atomic E-state index is 12.8. The van der Waals surface area contributed by atoms with Gasteiger partial charge >= 0.3 is 11.8 Å². The van der Waals surface area contributed by atoms with Crippen LogP contribution in [0, 0.1) is 6.92 Å². The Bertz CT molecular complexity index is 1200. The zero-order valence-corrected chi connectivity index (χ0v) is 17.5. The summed E-state index contributed by atoms with van der Waals surface area (Å²) < 4.78 is 1.34. The van der Waals surface area contributed by atoms with Gasteiger partial charge in [0.1, 0.15) is 5.82 Å². The molecule has 1 aliphatic rings. The number of aryl methyl sites for hydroxylation is 2. The second-order valence-electron chi connectivity index (χ2n) is 7.59. The second-order valence-corrected chi connectivity index (χ2v) is 7.59. The Morgan fingerprint density at radius 2 is 1.97 bits per heavy atom. The van der Waals surface area contributed by atoms with Crippen molar-refractivity contribution in [3.8, 4) is 5.95 Å². The van der Waals surface area contributed by atoms with Crippen molar-refractivity contribution < 1.29 is 9.59 Å². The molecule has 1 aromatic carbocycles. The highest BCUT2D eigenvalue weighted by Crippen LogP contribution is 2.19. The molecule has 0 saturated heterocycles. The molecule has 1 aliphatic heterocycles. The number of rotatable bonds is 4. The lowest BCUT2D eigenvalue weighted by Gasteiger charge is -2.28. The molecule has 3 aromatic rings.